The average Bonchev–Trinajstić information content (AvgIpc) is 3.25. The number of hydrogen-bond donors (Lipinski definition) is 0. The normalized spacial score (nSPS) is 23.1. The Bertz CT molecular complexity index is 718. The summed E-state index contributed by atoms with van der Waals surface area (Å²) in [7, 11) is 0. The lowest BCUT2D eigenvalue weighted by atomic mass is 9.88. The van der Waals surface area contributed by atoms with E-state index in [0.29, 0.717) is 12.0 Å². The molecule has 0 amide bonds. The third-order valence-electron chi connectivity index (χ3n) is 6.76. The van der Waals surface area contributed by atoms with Gasteiger partial charge in [0.25, 0.3) is 0 Å². The van der Waals surface area contributed by atoms with Crippen molar-refractivity contribution < 1.29 is 0 Å². The van der Waals surface area contributed by atoms with Gasteiger partial charge in [0.05, 0.1) is 0 Å². The molecule has 2 aliphatic carbocycles. The highest BCUT2D eigenvalue weighted by Crippen LogP contribution is 2.40. The Labute approximate surface area is 162 Å². The predicted molar refractivity (Wildman–Crippen MR) is 105 cm³/mol. The van der Waals surface area contributed by atoms with Crippen LogP contribution >= 0.6 is 0 Å². The molecule has 2 saturated carbocycles. The van der Waals surface area contributed by atoms with Gasteiger partial charge < -0.3 is 9.47 Å². The fourth-order valence-corrected chi connectivity index (χ4v) is 5.10. The molecule has 6 nitrogen and oxygen atoms in total. The highest BCUT2D eigenvalue weighted by molar-refractivity contribution is 5.09. The Morgan fingerprint density at radius 2 is 1.74 bits per heavy atom. The predicted octanol–water partition coefficient (Wildman–Crippen LogP) is 3.62. The largest absolute Gasteiger partial charge is 0.310 e. The molecule has 0 aromatic carbocycles. The van der Waals surface area contributed by atoms with Gasteiger partial charge in [0.1, 0.15) is 12.4 Å². The summed E-state index contributed by atoms with van der Waals surface area (Å²) in [4.78, 5) is 2.72. The van der Waals surface area contributed by atoms with E-state index in [4.69, 9.17) is 0 Å². The van der Waals surface area contributed by atoms with E-state index in [9.17, 15) is 0 Å². The number of likely N-dealkylation sites (tertiary alicyclic amines) is 1. The van der Waals surface area contributed by atoms with Crippen LogP contribution in [0.3, 0.4) is 0 Å². The lowest BCUT2D eigenvalue weighted by Gasteiger charge is -2.35. The maximum absolute atomic E-state index is 4.68. The van der Waals surface area contributed by atoms with E-state index in [1.54, 1.807) is 0 Å². The summed E-state index contributed by atoms with van der Waals surface area (Å²) < 4.78 is 4.42. The third kappa shape index (κ3) is 3.96. The monoisotopic (exact) mass is 368 g/mol. The first-order valence-electron chi connectivity index (χ1n) is 11.0. The fourth-order valence-electron chi connectivity index (χ4n) is 5.10. The van der Waals surface area contributed by atoms with Crippen molar-refractivity contribution in [3.8, 4) is 0 Å². The first kappa shape index (κ1) is 17.4. The molecule has 0 spiro atoms. The number of nitrogens with zero attached hydrogens (tertiary/aromatic N) is 6. The summed E-state index contributed by atoms with van der Waals surface area (Å²) in [6.45, 7) is 4.52. The SMILES string of the molecule is c1cnn(Cc2nnc(C3CCN(CC4CCCCC4)CC3)n2C2CC2)c1. The Morgan fingerprint density at radius 3 is 2.44 bits per heavy atom. The van der Waals surface area contributed by atoms with Gasteiger partial charge in [0, 0.05) is 30.9 Å². The second-order valence-corrected chi connectivity index (χ2v) is 8.86. The van der Waals surface area contributed by atoms with Gasteiger partial charge in [-0.05, 0) is 63.6 Å². The van der Waals surface area contributed by atoms with Crippen LogP contribution in [0, 0.1) is 5.92 Å². The van der Waals surface area contributed by atoms with E-state index in [0.717, 1.165) is 18.3 Å². The van der Waals surface area contributed by atoms with Gasteiger partial charge in [-0.3, -0.25) is 4.68 Å². The summed E-state index contributed by atoms with van der Waals surface area (Å²) in [6.07, 6.45) is 16.1. The molecule has 27 heavy (non-hydrogen) atoms. The molecule has 1 saturated heterocycles. The Hall–Kier alpha value is -1.69. The van der Waals surface area contributed by atoms with Crippen molar-refractivity contribution in [2.45, 2.75) is 76.3 Å². The molecule has 6 heteroatoms. The lowest BCUT2D eigenvalue weighted by molar-refractivity contribution is 0.161. The molecule has 3 fully saturated rings. The number of piperidine rings is 1. The van der Waals surface area contributed by atoms with Crippen molar-refractivity contribution in [3.05, 3.63) is 30.1 Å². The minimum absolute atomic E-state index is 0.576. The second kappa shape index (κ2) is 7.74. The molecular formula is C21H32N6. The van der Waals surface area contributed by atoms with Gasteiger partial charge >= 0.3 is 0 Å². The Balaban J connectivity index is 1.23. The zero-order valence-electron chi connectivity index (χ0n) is 16.3. The minimum Gasteiger partial charge on any atom is -0.310 e. The quantitative estimate of drug-likeness (QED) is 0.781. The standard InChI is InChI=1S/C21H32N6/c1-2-5-17(6-3-1)15-25-13-9-18(10-14-25)21-24-23-20(27(21)19-7-8-19)16-26-12-4-11-22-26/h4,11-12,17-19H,1-3,5-10,13-16H2. The molecule has 2 aromatic rings. The molecule has 0 radical (unpaired) electrons. The molecule has 1 aliphatic heterocycles. The molecule has 0 N–H and O–H groups in total. The molecular weight excluding hydrogens is 336 g/mol. The van der Waals surface area contributed by atoms with E-state index in [1.807, 2.05) is 23.1 Å². The van der Waals surface area contributed by atoms with Gasteiger partial charge in [-0.1, -0.05) is 19.3 Å². The third-order valence-corrected chi connectivity index (χ3v) is 6.76. The van der Waals surface area contributed by atoms with Crippen molar-refractivity contribution in [3.63, 3.8) is 0 Å². The molecule has 146 valence electrons. The fraction of sp³-hybridized carbons (Fsp3) is 0.762. The van der Waals surface area contributed by atoms with E-state index >= 15 is 0 Å². The number of aromatic nitrogens is 5. The summed E-state index contributed by atoms with van der Waals surface area (Å²) >= 11 is 0. The van der Waals surface area contributed by atoms with Crippen LogP contribution in [0.2, 0.25) is 0 Å². The second-order valence-electron chi connectivity index (χ2n) is 8.86. The van der Waals surface area contributed by atoms with Gasteiger partial charge in [0.2, 0.25) is 0 Å². The van der Waals surface area contributed by atoms with Crippen LogP contribution in [-0.4, -0.2) is 49.1 Å². The Morgan fingerprint density at radius 1 is 0.926 bits per heavy atom. The average molecular weight is 369 g/mol. The molecule has 0 unspecified atom stereocenters. The highest BCUT2D eigenvalue weighted by Gasteiger charge is 2.34. The van der Waals surface area contributed by atoms with Crippen LogP contribution < -0.4 is 0 Å². The van der Waals surface area contributed by atoms with E-state index in [1.165, 1.54) is 83.2 Å². The van der Waals surface area contributed by atoms with Crippen LogP contribution in [0.1, 0.15) is 81.4 Å². The molecule has 5 rings (SSSR count). The van der Waals surface area contributed by atoms with Crippen LogP contribution in [0.5, 0.6) is 0 Å². The van der Waals surface area contributed by atoms with Gasteiger partial charge in [-0.25, -0.2) is 0 Å². The van der Waals surface area contributed by atoms with Crippen molar-refractivity contribution in [1.82, 2.24) is 29.4 Å². The Kier molecular flexibility index (Phi) is 4.99. The lowest BCUT2D eigenvalue weighted by Crippen LogP contribution is -2.37. The summed E-state index contributed by atoms with van der Waals surface area (Å²) in [6, 6.07) is 2.60. The summed E-state index contributed by atoms with van der Waals surface area (Å²) in [5.41, 5.74) is 0. The zero-order chi connectivity index (χ0) is 18.1. The van der Waals surface area contributed by atoms with Crippen LogP contribution in [0.4, 0.5) is 0 Å². The maximum Gasteiger partial charge on any atom is 0.155 e. The molecule has 2 aromatic heterocycles. The molecule has 0 bridgehead atoms. The summed E-state index contributed by atoms with van der Waals surface area (Å²) in [5.74, 6) is 3.86. The van der Waals surface area contributed by atoms with Crippen molar-refractivity contribution in [2.24, 2.45) is 5.92 Å². The van der Waals surface area contributed by atoms with Gasteiger partial charge in [-0.15, -0.1) is 10.2 Å². The zero-order valence-corrected chi connectivity index (χ0v) is 16.3. The van der Waals surface area contributed by atoms with Crippen LogP contribution in [0.25, 0.3) is 0 Å². The molecule has 3 aliphatic rings. The van der Waals surface area contributed by atoms with Crippen LogP contribution in [-0.2, 0) is 6.54 Å². The topological polar surface area (TPSA) is 51.8 Å². The first-order chi connectivity index (χ1) is 13.4. The van der Waals surface area contributed by atoms with Crippen molar-refractivity contribution in [1.29, 1.82) is 0 Å². The van der Waals surface area contributed by atoms with Crippen LogP contribution in [0.15, 0.2) is 18.5 Å². The van der Waals surface area contributed by atoms with Crippen molar-refractivity contribution in [2.75, 3.05) is 19.6 Å². The minimum atomic E-state index is 0.576. The van der Waals surface area contributed by atoms with Gasteiger partial charge in [-0.2, -0.15) is 5.10 Å². The smallest absolute Gasteiger partial charge is 0.155 e. The maximum atomic E-state index is 4.68. The number of hydrogen-bond acceptors (Lipinski definition) is 4. The summed E-state index contributed by atoms with van der Waals surface area (Å²) in [5, 5.41) is 13.6. The number of rotatable bonds is 6. The van der Waals surface area contributed by atoms with Gasteiger partial charge in [0.15, 0.2) is 5.82 Å². The van der Waals surface area contributed by atoms with Crippen molar-refractivity contribution >= 4 is 0 Å². The first-order valence-corrected chi connectivity index (χ1v) is 11.0. The van der Waals surface area contributed by atoms with E-state index < -0.39 is 0 Å². The van der Waals surface area contributed by atoms with E-state index in [2.05, 4.69) is 24.8 Å². The van der Waals surface area contributed by atoms with E-state index in [-0.39, 0.29) is 0 Å². The molecule has 3 heterocycles. The highest BCUT2D eigenvalue weighted by atomic mass is 15.3. The molecule has 0 atom stereocenters.